The Kier molecular flexibility index (Phi) is 3.44. The van der Waals surface area contributed by atoms with Gasteiger partial charge < -0.3 is 15.3 Å². The summed E-state index contributed by atoms with van der Waals surface area (Å²) in [7, 11) is 0. The lowest BCUT2D eigenvalue weighted by molar-refractivity contribution is -0.137. The van der Waals surface area contributed by atoms with Crippen molar-refractivity contribution < 1.29 is 14.7 Å². The SMILES string of the molecule is O=C(O)CN(C(=O)c1cccc2c1CCNC2)C1CC1. The van der Waals surface area contributed by atoms with Crippen LogP contribution in [0, 0.1) is 0 Å². The highest BCUT2D eigenvalue weighted by molar-refractivity contribution is 5.98. The minimum absolute atomic E-state index is 0.108. The second kappa shape index (κ2) is 5.25. The molecule has 1 amide bonds. The van der Waals surface area contributed by atoms with Crippen molar-refractivity contribution in [3.63, 3.8) is 0 Å². The molecule has 1 saturated carbocycles. The summed E-state index contributed by atoms with van der Waals surface area (Å²) in [5, 5.41) is 12.3. The lowest BCUT2D eigenvalue weighted by Gasteiger charge is -2.25. The Morgan fingerprint density at radius 1 is 1.35 bits per heavy atom. The van der Waals surface area contributed by atoms with E-state index in [4.69, 9.17) is 5.11 Å². The zero-order chi connectivity index (χ0) is 14.1. The van der Waals surface area contributed by atoms with Gasteiger partial charge in [0.2, 0.25) is 0 Å². The minimum Gasteiger partial charge on any atom is -0.480 e. The molecule has 2 N–H and O–H groups in total. The molecule has 1 fully saturated rings. The fourth-order valence-corrected chi connectivity index (χ4v) is 2.79. The van der Waals surface area contributed by atoms with E-state index in [1.165, 1.54) is 4.90 Å². The molecule has 5 nitrogen and oxygen atoms in total. The van der Waals surface area contributed by atoms with Crippen LogP contribution < -0.4 is 5.32 Å². The van der Waals surface area contributed by atoms with E-state index in [2.05, 4.69) is 5.32 Å². The van der Waals surface area contributed by atoms with Crippen LogP contribution in [-0.4, -0.2) is 41.0 Å². The highest BCUT2D eigenvalue weighted by atomic mass is 16.4. The van der Waals surface area contributed by atoms with Crippen LogP contribution in [0.3, 0.4) is 0 Å². The molecular formula is C15H18N2O3. The van der Waals surface area contributed by atoms with Gasteiger partial charge in [-0.05, 0) is 43.0 Å². The number of carboxylic acid groups (broad SMARTS) is 1. The van der Waals surface area contributed by atoms with E-state index < -0.39 is 5.97 Å². The molecule has 1 aromatic carbocycles. The summed E-state index contributed by atoms with van der Waals surface area (Å²) in [6, 6.07) is 5.84. The first-order valence-electron chi connectivity index (χ1n) is 7.01. The first kappa shape index (κ1) is 13.1. The molecule has 1 aliphatic carbocycles. The lowest BCUT2D eigenvalue weighted by Crippen LogP contribution is -2.38. The molecule has 106 valence electrons. The van der Waals surface area contributed by atoms with E-state index in [0.29, 0.717) is 5.56 Å². The first-order valence-corrected chi connectivity index (χ1v) is 7.01. The fourth-order valence-electron chi connectivity index (χ4n) is 2.79. The van der Waals surface area contributed by atoms with Crippen LogP contribution in [0.5, 0.6) is 0 Å². The Hall–Kier alpha value is -1.88. The van der Waals surface area contributed by atoms with Gasteiger partial charge in [0.25, 0.3) is 5.91 Å². The van der Waals surface area contributed by atoms with Gasteiger partial charge in [-0.3, -0.25) is 9.59 Å². The minimum atomic E-state index is -0.947. The standard InChI is InChI=1S/C15H18N2O3/c18-14(19)9-17(11-4-5-11)15(20)13-3-1-2-10-8-16-7-6-12(10)13/h1-3,11,16H,4-9H2,(H,18,19). The van der Waals surface area contributed by atoms with Crippen molar-refractivity contribution in [1.29, 1.82) is 0 Å². The average Bonchev–Trinajstić information content (AvgIpc) is 3.28. The van der Waals surface area contributed by atoms with Crippen molar-refractivity contribution in [3.05, 3.63) is 34.9 Å². The summed E-state index contributed by atoms with van der Waals surface area (Å²) in [5.41, 5.74) is 2.90. The van der Waals surface area contributed by atoms with Crippen molar-refractivity contribution in [2.75, 3.05) is 13.1 Å². The summed E-state index contributed by atoms with van der Waals surface area (Å²) in [6.45, 7) is 1.43. The molecular weight excluding hydrogens is 256 g/mol. The monoisotopic (exact) mass is 274 g/mol. The summed E-state index contributed by atoms with van der Waals surface area (Å²) in [6.07, 6.45) is 2.65. The van der Waals surface area contributed by atoms with Crippen LogP contribution in [0.25, 0.3) is 0 Å². The summed E-state index contributed by atoms with van der Waals surface area (Å²) in [5.74, 6) is -1.08. The van der Waals surface area contributed by atoms with Gasteiger partial charge in [0, 0.05) is 18.2 Å². The Balaban J connectivity index is 1.91. The van der Waals surface area contributed by atoms with Crippen LogP contribution in [0.15, 0.2) is 18.2 Å². The Morgan fingerprint density at radius 3 is 2.85 bits per heavy atom. The predicted octanol–water partition coefficient (Wildman–Crippen LogP) is 1.02. The van der Waals surface area contributed by atoms with Gasteiger partial charge >= 0.3 is 5.97 Å². The number of benzene rings is 1. The molecule has 1 aromatic rings. The van der Waals surface area contributed by atoms with E-state index >= 15 is 0 Å². The van der Waals surface area contributed by atoms with Crippen LogP contribution in [0.1, 0.15) is 34.3 Å². The van der Waals surface area contributed by atoms with Crippen LogP contribution in [0.4, 0.5) is 0 Å². The molecule has 1 aliphatic heterocycles. The van der Waals surface area contributed by atoms with Gasteiger partial charge in [-0.2, -0.15) is 0 Å². The normalized spacial score (nSPS) is 17.4. The van der Waals surface area contributed by atoms with Gasteiger partial charge in [0.05, 0.1) is 0 Å². The van der Waals surface area contributed by atoms with Crippen molar-refractivity contribution in [1.82, 2.24) is 10.2 Å². The number of aliphatic carboxylic acids is 1. The largest absolute Gasteiger partial charge is 0.480 e. The zero-order valence-corrected chi connectivity index (χ0v) is 11.3. The molecule has 5 heteroatoms. The molecule has 0 atom stereocenters. The molecule has 0 bridgehead atoms. The van der Waals surface area contributed by atoms with Crippen LogP contribution >= 0.6 is 0 Å². The topological polar surface area (TPSA) is 69.6 Å². The van der Waals surface area contributed by atoms with Crippen molar-refractivity contribution in [2.24, 2.45) is 0 Å². The van der Waals surface area contributed by atoms with Gasteiger partial charge in [-0.1, -0.05) is 12.1 Å². The third-order valence-electron chi connectivity index (χ3n) is 3.92. The number of hydrogen-bond acceptors (Lipinski definition) is 3. The third-order valence-corrected chi connectivity index (χ3v) is 3.92. The molecule has 0 radical (unpaired) electrons. The molecule has 20 heavy (non-hydrogen) atoms. The number of carbonyl (C=O) groups is 2. The van der Waals surface area contributed by atoms with E-state index in [9.17, 15) is 9.59 Å². The molecule has 0 spiro atoms. The van der Waals surface area contributed by atoms with E-state index in [-0.39, 0.29) is 18.5 Å². The molecule has 0 unspecified atom stereocenters. The maximum absolute atomic E-state index is 12.7. The van der Waals surface area contributed by atoms with Crippen LogP contribution in [0.2, 0.25) is 0 Å². The average molecular weight is 274 g/mol. The molecule has 0 aromatic heterocycles. The summed E-state index contributed by atoms with van der Waals surface area (Å²) < 4.78 is 0. The quantitative estimate of drug-likeness (QED) is 0.860. The Bertz CT molecular complexity index is 552. The van der Waals surface area contributed by atoms with Gasteiger partial charge in [-0.15, -0.1) is 0 Å². The molecule has 3 rings (SSSR count). The number of carbonyl (C=O) groups excluding carboxylic acids is 1. The van der Waals surface area contributed by atoms with Crippen molar-refractivity contribution in [3.8, 4) is 0 Å². The highest BCUT2D eigenvalue weighted by Crippen LogP contribution is 2.29. The van der Waals surface area contributed by atoms with Gasteiger partial charge in [-0.25, -0.2) is 0 Å². The number of hydrogen-bond donors (Lipinski definition) is 2. The second-order valence-corrected chi connectivity index (χ2v) is 5.43. The van der Waals surface area contributed by atoms with E-state index in [1.807, 2.05) is 18.2 Å². The van der Waals surface area contributed by atoms with Crippen molar-refractivity contribution >= 4 is 11.9 Å². The van der Waals surface area contributed by atoms with E-state index in [1.54, 1.807) is 0 Å². The predicted molar refractivity (Wildman–Crippen MR) is 73.5 cm³/mol. The molecule has 2 aliphatic rings. The maximum Gasteiger partial charge on any atom is 0.323 e. The number of nitrogens with zero attached hydrogens (tertiary/aromatic N) is 1. The summed E-state index contributed by atoms with van der Waals surface area (Å²) in [4.78, 5) is 25.2. The maximum atomic E-state index is 12.7. The smallest absolute Gasteiger partial charge is 0.323 e. The number of nitrogens with one attached hydrogen (secondary N) is 1. The van der Waals surface area contributed by atoms with E-state index in [0.717, 1.165) is 43.5 Å². The fraction of sp³-hybridized carbons (Fsp3) is 0.467. The lowest BCUT2D eigenvalue weighted by atomic mass is 9.94. The number of carboxylic acids is 1. The Labute approximate surface area is 117 Å². The zero-order valence-electron chi connectivity index (χ0n) is 11.3. The van der Waals surface area contributed by atoms with Gasteiger partial charge in [0.15, 0.2) is 0 Å². The number of amides is 1. The molecule has 0 saturated heterocycles. The summed E-state index contributed by atoms with van der Waals surface area (Å²) >= 11 is 0. The Morgan fingerprint density at radius 2 is 2.15 bits per heavy atom. The number of rotatable bonds is 4. The second-order valence-electron chi connectivity index (χ2n) is 5.43. The third kappa shape index (κ3) is 2.54. The van der Waals surface area contributed by atoms with Crippen LogP contribution in [-0.2, 0) is 17.8 Å². The molecule has 1 heterocycles. The van der Waals surface area contributed by atoms with Gasteiger partial charge in [0.1, 0.15) is 6.54 Å². The van der Waals surface area contributed by atoms with Crippen molar-refractivity contribution in [2.45, 2.75) is 31.8 Å². The highest BCUT2D eigenvalue weighted by Gasteiger charge is 2.35. The first-order chi connectivity index (χ1) is 9.66. The number of fused-ring (bicyclic) bond motifs is 1.